The Morgan fingerprint density at radius 2 is 1.74 bits per heavy atom. The number of carbonyl (C=O) groups excluding carboxylic acids is 1. The van der Waals surface area contributed by atoms with Crippen LogP contribution in [0.15, 0.2) is 12.1 Å². The van der Waals surface area contributed by atoms with Gasteiger partial charge in [0.2, 0.25) is 0 Å². The number of unbranched alkanes of at least 4 members (excludes halogenated alkanes) is 6. The number of nitrogens with one attached hydrogen (secondary N) is 1. The van der Waals surface area contributed by atoms with E-state index in [1.54, 1.807) is 0 Å². The number of ether oxygens (including phenoxy) is 1. The van der Waals surface area contributed by atoms with E-state index < -0.39 is 0 Å². The molecule has 1 aromatic carbocycles. The van der Waals surface area contributed by atoms with Crippen molar-refractivity contribution in [2.24, 2.45) is 11.3 Å². The second kappa shape index (κ2) is 9.96. The van der Waals surface area contributed by atoms with E-state index in [0.717, 1.165) is 12.8 Å². The molecule has 0 bridgehead atoms. The van der Waals surface area contributed by atoms with Crippen LogP contribution in [0, 0.1) is 18.3 Å². The van der Waals surface area contributed by atoms with Crippen LogP contribution in [0.25, 0.3) is 0 Å². The van der Waals surface area contributed by atoms with Gasteiger partial charge in [0.25, 0.3) is 0 Å². The molecule has 3 rings (SSSR count). The molecule has 1 saturated carbocycles. The van der Waals surface area contributed by atoms with Crippen molar-refractivity contribution in [3.63, 3.8) is 0 Å². The van der Waals surface area contributed by atoms with Crippen LogP contribution < -0.4 is 10.1 Å². The molecule has 1 heterocycles. The lowest BCUT2D eigenvalue weighted by atomic mass is 9.58. The molecule has 0 radical (unpaired) electrons. The summed E-state index contributed by atoms with van der Waals surface area (Å²) in [5.74, 6) is 1.24. The summed E-state index contributed by atoms with van der Waals surface area (Å²) in [7, 11) is 0. The number of aryl methyl sites for hydroxylation is 1. The third-order valence-electron chi connectivity index (χ3n) is 7.87. The number of esters is 1. The zero-order valence-electron chi connectivity index (χ0n) is 20.9. The maximum absolute atomic E-state index is 12.5. The molecule has 0 amide bonds. The van der Waals surface area contributed by atoms with Crippen molar-refractivity contribution < 1.29 is 9.53 Å². The zero-order chi connectivity index (χ0) is 22.6. The second-order valence-corrected chi connectivity index (χ2v) is 11.5. The van der Waals surface area contributed by atoms with E-state index in [4.69, 9.17) is 4.74 Å². The van der Waals surface area contributed by atoms with Crippen molar-refractivity contribution in [3.8, 4) is 5.75 Å². The Kier molecular flexibility index (Phi) is 7.76. The Morgan fingerprint density at radius 3 is 2.45 bits per heavy atom. The minimum atomic E-state index is -0.0909. The Bertz CT molecular complexity index is 765. The van der Waals surface area contributed by atoms with Crippen molar-refractivity contribution in [2.45, 2.75) is 124 Å². The van der Waals surface area contributed by atoms with Crippen LogP contribution in [-0.2, 0) is 10.2 Å². The van der Waals surface area contributed by atoms with Crippen LogP contribution in [0.2, 0.25) is 0 Å². The van der Waals surface area contributed by atoms with E-state index in [1.807, 2.05) is 6.07 Å². The highest BCUT2D eigenvalue weighted by Crippen LogP contribution is 2.53. The van der Waals surface area contributed by atoms with E-state index in [2.05, 4.69) is 52.9 Å². The standard InChI is InChI=1S/C28H45NO2/c1-7-8-9-10-11-12-13-14-25(30)31-21-17-20(2)26-23(18-21)28(5,6)22-15-16-27(3,4)19-24(22)29-26/h17-18,22,24,29H,7-16,19H2,1-6H3/t22-,24-/m0/s1. The van der Waals surface area contributed by atoms with Gasteiger partial charge in [-0.05, 0) is 72.6 Å². The van der Waals surface area contributed by atoms with Gasteiger partial charge in [0.15, 0.2) is 0 Å². The SMILES string of the molecule is CCCCCCCCCC(=O)Oc1cc(C)c2c(c1)C(C)(C)[C@H]1CCC(C)(C)C[C@@H]1N2. The van der Waals surface area contributed by atoms with Crippen LogP contribution in [0.3, 0.4) is 0 Å². The van der Waals surface area contributed by atoms with Crippen molar-refractivity contribution in [3.05, 3.63) is 23.3 Å². The summed E-state index contributed by atoms with van der Waals surface area (Å²) in [6.45, 7) is 13.9. The summed E-state index contributed by atoms with van der Waals surface area (Å²) in [6, 6.07) is 4.70. The number of carbonyl (C=O) groups is 1. The first kappa shape index (κ1) is 24.1. The maximum Gasteiger partial charge on any atom is 0.311 e. The topological polar surface area (TPSA) is 38.3 Å². The van der Waals surface area contributed by atoms with E-state index in [9.17, 15) is 4.79 Å². The van der Waals surface area contributed by atoms with Crippen molar-refractivity contribution in [1.29, 1.82) is 0 Å². The molecule has 1 aliphatic heterocycles. The lowest BCUT2D eigenvalue weighted by molar-refractivity contribution is -0.134. The predicted molar refractivity (Wildman–Crippen MR) is 131 cm³/mol. The summed E-state index contributed by atoms with van der Waals surface area (Å²) in [6.07, 6.45) is 12.7. The van der Waals surface area contributed by atoms with Gasteiger partial charge in [-0.15, -0.1) is 0 Å². The summed E-state index contributed by atoms with van der Waals surface area (Å²) in [5.41, 5.74) is 4.24. The molecular formula is C28H45NO2. The molecule has 2 aliphatic rings. The fraction of sp³-hybridized carbons (Fsp3) is 0.750. The van der Waals surface area contributed by atoms with Gasteiger partial charge in [0, 0.05) is 18.2 Å². The number of anilines is 1. The van der Waals surface area contributed by atoms with E-state index in [0.29, 0.717) is 29.5 Å². The minimum Gasteiger partial charge on any atom is -0.427 e. The molecule has 1 N–H and O–H groups in total. The Hall–Kier alpha value is -1.51. The van der Waals surface area contributed by atoms with Gasteiger partial charge in [-0.1, -0.05) is 73.1 Å². The molecule has 0 spiro atoms. The van der Waals surface area contributed by atoms with Gasteiger partial charge in [0.1, 0.15) is 5.75 Å². The molecule has 174 valence electrons. The van der Waals surface area contributed by atoms with Crippen LogP contribution >= 0.6 is 0 Å². The van der Waals surface area contributed by atoms with Gasteiger partial charge >= 0.3 is 5.97 Å². The Labute approximate surface area is 190 Å². The largest absolute Gasteiger partial charge is 0.427 e. The number of fused-ring (bicyclic) bond motifs is 2. The van der Waals surface area contributed by atoms with Crippen LogP contribution in [0.1, 0.15) is 116 Å². The van der Waals surface area contributed by atoms with Crippen LogP contribution in [0.4, 0.5) is 5.69 Å². The van der Waals surface area contributed by atoms with Crippen molar-refractivity contribution in [2.75, 3.05) is 5.32 Å². The van der Waals surface area contributed by atoms with Crippen molar-refractivity contribution >= 4 is 11.7 Å². The van der Waals surface area contributed by atoms with Crippen molar-refractivity contribution in [1.82, 2.24) is 0 Å². The molecule has 3 nitrogen and oxygen atoms in total. The molecule has 1 fully saturated rings. The van der Waals surface area contributed by atoms with E-state index in [-0.39, 0.29) is 11.4 Å². The third kappa shape index (κ3) is 5.84. The summed E-state index contributed by atoms with van der Waals surface area (Å²) >= 11 is 0. The molecule has 31 heavy (non-hydrogen) atoms. The first-order chi connectivity index (χ1) is 14.6. The molecule has 0 aromatic heterocycles. The summed E-state index contributed by atoms with van der Waals surface area (Å²) < 4.78 is 5.80. The molecule has 0 saturated heterocycles. The first-order valence-corrected chi connectivity index (χ1v) is 12.8. The Morgan fingerprint density at radius 1 is 1.06 bits per heavy atom. The third-order valence-corrected chi connectivity index (χ3v) is 7.87. The Balaban J connectivity index is 1.63. The van der Waals surface area contributed by atoms with Gasteiger partial charge < -0.3 is 10.1 Å². The molecular weight excluding hydrogens is 382 g/mol. The quantitative estimate of drug-likeness (QED) is 0.247. The number of hydrogen-bond donors (Lipinski definition) is 1. The average molecular weight is 428 g/mol. The van der Waals surface area contributed by atoms with E-state index in [1.165, 1.54) is 68.2 Å². The fourth-order valence-electron chi connectivity index (χ4n) is 5.91. The highest BCUT2D eigenvalue weighted by atomic mass is 16.5. The number of rotatable bonds is 9. The highest BCUT2D eigenvalue weighted by Gasteiger charge is 2.47. The average Bonchev–Trinajstić information content (AvgIpc) is 2.67. The fourth-order valence-corrected chi connectivity index (χ4v) is 5.91. The lowest BCUT2D eigenvalue weighted by Crippen LogP contribution is -2.50. The molecule has 2 atom stereocenters. The maximum atomic E-state index is 12.5. The second-order valence-electron chi connectivity index (χ2n) is 11.5. The van der Waals surface area contributed by atoms with Gasteiger partial charge in [-0.25, -0.2) is 0 Å². The number of benzene rings is 1. The van der Waals surface area contributed by atoms with Gasteiger partial charge in [-0.3, -0.25) is 4.79 Å². The highest BCUT2D eigenvalue weighted by molar-refractivity contribution is 5.74. The summed E-state index contributed by atoms with van der Waals surface area (Å²) in [5, 5.41) is 3.88. The zero-order valence-corrected chi connectivity index (χ0v) is 20.9. The smallest absolute Gasteiger partial charge is 0.311 e. The predicted octanol–water partition coefficient (Wildman–Crippen LogP) is 7.94. The number of hydrogen-bond acceptors (Lipinski definition) is 3. The molecule has 3 heteroatoms. The minimum absolute atomic E-state index is 0.0768. The van der Waals surface area contributed by atoms with Crippen LogP contribution in [-0.4, -0.2) is 12.0 Å². The summed E-state index contributed by atoms with van der Waals surface area (Å²) in [4.78, 5) is 12.5. The first-order valence-electron chi connectivity index (χ1n) is 12.8. The molecule has 0 unspecified atom stereocenters. The monoisotopic (exact) mass is 427 g/mol. The van der Waals surface area contributed by atoms with Crippen LogP contribution in [0.5, 0.6) is 5.75 Å². The molecule has 1 aromatic rings. The van der Waals surface area contributed by atoms with E-state index >= 15 is 0 Å². The molecule has 1 aliphatic carbocycles. The lowest BCUT2D eigenvalue weighted by Gasteiger charge is -2.52. The normalized spacial score (nSPS) is 23.4. The van der Waals surface area contributed by atoms with Gasteiger partial charge in [0.05, 0.1) is 0 Å². The van der Waals surface area contributed by atoms with Gasteiger partial charge in [-0.2, -0.15) is 0 Å².